The molecule has 19 heavy (non-hydrogen) atoms. The zero-order valence-electron chi connectivity index (χ0n) is 10.7. The second kappa shape index (κ2) is 5.76. The first-order valence-corrected chi connectivity index (χ1v) is 7.09. The molecule has 100 valence electrons. The maximum Gasteiger partial charge on any atom is 0.134 e. The van der Waals surface area contributed by atoms with Crippen LogP contribution in [0.5, 0.6) is 0 Å². The van der Waals surface area contributed by atoms with Gasteiger partial charge in [0.15, 0.2) is 0 Å². The summed E-state index contributed by atoms with van der Waals surface area (Å²) in [5, 5.41) is 6.53. The van der Waals surface area contributed by atoms with E-state index in [9.17, 15) is 0 Å². The highest BCUT2D eigenvalue weighted by atomic mass is 35.5. The van der Waals surface area contributed by atoms with Gasteiger partial charge in [0, 0.05) is 35.9 Å². The number of benzene rings is 1. The number of halogens is 1. The summed E-state index contributed by atoms with van der Waals surface area (Å²) >= 11 is 6.08. The van der Waals surface area contributed by atoms with Gasteiger partial charge in [-0.1, -0.05) is 17.7 Å². The Morgan fingerprint density at radius 2 is 2.16 bits per heavy atom. The van der Waals surface area contributed by atoms with E-state index in [0.29, 0.717) is 6.04 Å². The van der Waals surface area contributed by atoms with E-state index < -0.39 is 0 Å². The standard InChI is InChI=1S/C15H17ClN2O/c16-12-4-3-11-5-7-17-15(14(11)10-12)18-13-2-1-8-19-9-6-13/h3-5,7,10,13H,1-2,6,8-9H2,(H,17,18). The van der Waals surface area contributed by atoms with Gasteiger partial charge in [-0.15, -0.1) is 0 Å². The average molecular weight is 277 g/mol. The first-order chi connectivity index (χ1) is 9.33. The van der Waals surface area contributed by atoms with Gasteiger partial charge in [-0.2, -0.15) is 0 Å². The highest BCUT2D eigenvalue weighted by Crippen LogP contribution is 2.26. The highest BCUT2D eigenvalue weighted by molar-refractivity contribution is 6.31. The maximum atomic E-state index is 6.08. The molecule has 1 atom stereocenters. The van der Waals surface area contributed by atoms with Crippen LogP contribution in [0.3, 0.4) is 0 Å². The van der Waals surface area contributed by atoms with Crippen molar-refractivity contribution in [1.82, 2.24) is 4.98 Å². The Morgan fingerprint density at radius 3 is 3.11 bits per heavy atom. The molecule has 3 nitrogen and oxygen atoms in total. The Balaban J connectivity index is 1.89. The van der Waals surface area contributed by atoms with Crippen LogP contribution < -0.4 is 5.32 Å². The van der Waals surface area contributed by atoms with Gasteiger partial charge in [0.2, 0.25) is 0 Å². The summed E-state index contributed by atoms with van der Waals surface area (Å²) in [6.07, 6.45) is 5.09. The Hall–Kier alpha value is -1.32. The number of hydrogen-bond donors (Lipinski definition) is 1. The van der Waals surface area contributed by atoms with Crippen molar-refractivity contribution >= 4 is 28.2 Å². The van der Waals surface area contributed by atoms with E-state index in [1.54, 1.807) is 0 Å². The Bertz CT molecular complexity index is 565. The first kappa shape index (κ1) is 12.7. The van der Waals surface area contributed by atoms with Gasteiger partial charge in [0.25, 0.3) is 0 Å². The summed E-state index contributed by atoms with van der Waals surface area (Å²) in [6.45, 7) is 1.69. The second-order valence-electron chi connectivity index (χ2n) is 4.91. The molecule has 0 saturated carbocycles. The zero-order valence-corrected chi connectivity index (χ0v) is 11.5. The summed E-state index contributed by atoms with van der Waals surface area (Å²) in [4.78, 5) is 4.46. The Labute approximate surface area is 117 Å². The summed E-state index contributed by atoms with van der Waals surface area (Å²) in [6, 6.07) is 8.35. The lowest BCUT2D eigenvalue weighted by molar-refractivity contribution is 0.144. The SMILES string of the molecule is Clc1ccc2ccnc(NC3CCCOCC3)c2c1. The van der Waals surface area contributed by atoms with E-state index >= 15 is 0 Å². The van der Waals surface area contributed by atoms with E-state index in [0.717, 1.165) is 54.1 Å². The molecule has 0 aliphatic carbocycles. The number of anilines is 1. The molecule has 0 spiro atoms. The minimum absolute atomic E-state index is 0.430. The molecule has 4 heteroatoms. The number of ether oxygens (including phenoxy) is 1. The molecule has 0 radical (unpaired) electrons. The van der Waals surface area contributed by atoms with Gasteiger partial charge in [-0.25, -0.2) is 4.98 Å². The molecule has 1 N–H and O–H groups in total. The van der Waals surface area contributed by atoms with Gasteiger partial charge < -0.3 is 10.1 Å². The van der Waals surface area contributed by atoms with Crippen LogP contribution >= 0.6 is 11.6 Å². The smallest absolute Gasteiger partial charge is 0.134 e. The van der Waals surface area contributed by atoms with Gasteiger partial charge in [0.1, 0.15) is 5.82 Å². The van der Waals surface area contributed by atoms with Crippen molar-refractivity contribution in [3.05, 3.63) is 35.5 Å². The monoisotopic (exact) mass is 276 g/mol. The van der Waals surface area contributed by atoms with Crippen LogP contribution in [0, 0.1) is 0 Å². The average Bonchev–Trinajstić information content (AvgIpc) is 2.68. The number of nitrogens with zero attached hydrogens (tertiary/aromatic N) is 1. The third-order valence-electron chi connectivity index (χ3n) is 3.52. The molecule has 1 unspecified atom stereocenters. The second-order valence-corrected chi connectivity index (χ2v) is 5.35. The van der Waals surface area contributed by atoms with Crippen LogP contribution in [-0.2, 0) is 4.74 Å². The number of aromatic nitrogens is 1. The number of hydrogen-bond acceptors (Lipinski definition) is 3. The number of pyridine rings is 1. The van der Waals surface area contributed by atoms with Crippen molar-refractivity contribution in [3.63, 3.8) is 0 Å². The Kier molecular flexibility index (Phi) is 3.85. The van der Waals surface area contributed by atoms with Crippen molar-refractivity contribution in [2.75, 3.05) is 18.5 Å². The summed E-state index contributed by atoms with van der Waals surface area (Å²) in [7, 11) is 0. The molecule has 3 rings (SSSR count). The summed E-state index contributed by atoms with van der Waals surface area (Å²) in [5.74, 6) is 0.923. The molecule has 2 aromatic rings. The van der Waals surface area contributed by atoms with Gasteiger partial charge in [-0.3, -0.25) is 0 Å². The van der Waals surface area contributed by atoms with Crippen molar-refractivity contribution in [2.24, 2.45) is 0 Å². The number of nitrogens with one attached hydrogen (secondary N) is 1. The summed E-state index contributed by atoms with van der Waals surface area (Å²) in [5.41, 5.74) is 0. The topological polar surface area (TPSA) is 34.2 Å². The van der Waals surface area contributed by atoms with Crippen LogP contribution in [-0.4, -0.2) is 24.2 Å². The van der Waals surface area contributed by atoms with E-state index in [1.807, 2.05) is 30.5 Å². The van der Waals surface area contributed by atoms with E-state index in [-0.39, 0.29) is 0 Å². The zero-order chi connectivity index (χ0) is 13.1. The van der Waals surface area contributed by atoms with E-state index in [2.05, 4.69) is 10.3 Å². The lowest BCUT2D eigenvalue weighted by atomic mass is 10.1. The highest BCUT2D eigenvalue weighted by Gasteiger charge is 2.14. The minimum atomic E-state index is 0.430. The predicted octanol–water partition coefficient (Wildman–Crippen LogP) is 3.87. The normalized spacial score (nSPS) is 20.2. The van der Waals surface area contributed by atoms with E-state index in [4.69, 9.17) is 16.3 Å². The van der Waals surface area contributed by atoms with Gasteiger partial charge in [-0.05, 0) is 42.8 Å². The molecule has 1 aromatic heterocycles. The molecule has 1 aliphatic heterocycles. The first-order valence-electron chi connectivity index (χ1n) is 6.71. The van der Waals surface area contributed by atoms with E-state index in [1.165, 1.54) is 0 Å². The fraction of sp³-hybridized carbons (Fsp3) is 0.400. The Morgan fingerprint density at radius 1 is 1.21 bits per heavy atom. The lowest BCUT2D eigenvalue weighted by Gasteiger charge is -2.17. The van der Waals surface area contributed by atoms with Crippen LogP contribution in [0.4, 0.5) is 5.82 Å². The molecular weight excluding hydrogens is 260 g/mol. The molecule has 2 heterocycles. The lowest BCUT2D eigenvalue weighted by Crippen LogP contribution is -2.20. The largest absolute Gasteiger partial charge is 0.381 e. The molecule has 0 bridgehead atoms. The number of fused-ring (bicyclic) bond motifs is 1. The van der Waals surface area contributed by atoms with Crippen LogP contribution in [0.1, 0.15) is 19.3 Å². The van der Waals surface area contributed by atoms with Gasteiger partial charge >= 0.3 is 0 Å². The van der Waals surface area contributed by atoms with Gasteiger partial charge in [0.05, 0.1) is 0 Å². The molecule has 1 fully saturated rings. The predicted molar refractivity (Wildman–Crippen MR) is 78.8 cm³/mol. The molecule has 1 aromatic carbocycles. The maximum absolute atomic E-state index is 6.08. The van der Waals surface area contributed by atoms with Crippen LogP contribution in [0.25, 0.3) is 10.8 Å². The fourth-order valence-electron chi connectivity index (χ4n) is 2.50. The molecule has 1 saturated heterocycles. The number of rotatable bonds is 2. The third kappa shape index (κ3) is 2.99. The van der Waals surface area contributed by atoms with Crippen LogP contribution in [0.2, 0.25) is 5.02 Å². The van der Waals surface area contributed by atoms with Crippen molar-refractivity contribution in [2.45, 2.75) is 25.3 Å². The molecule has 0 amide bonds. The minimum Gasteiger partial charge on any atom is -0.381 e. The van der Waals surface area contributed by atoms with Crippen molar-refractivity contribution in [1.29, 1.82) is 0 Å². The quantitative estimate of drug-likeness (QED) is 0.904. The third-order valence-corrected chi connectivity index (χ3v) is 3.76. The van der Waals surface area contributed by atoms with Crippen molar-refractivity contribution < 1.29 is 4.74 Å². The fourth-order valence-corrected chi connectivity index (χ4v) is 2.67. The van der Waals surface area contributed by atoms with Crippen LogP contribution in [0.15, 0.2) is 30.5 Å². The molecule has 1 aliphatic rings. The molecular formula is C15H17ClN2O. The summed E-state index contributed by atoms with van der Waals surface area (Å²) < 4.78 is 5.49. The van der Waals surface area contributed by atoms with Crippen molar-refractivity contribution in [3.8, 4) is 0 Å².